The predicted molar refractivity (Wildman–Crippen MR) is 87.5 cm³/mol. The zero-order chi connectivity index (χ0) is 16.2. The molecule has 7 heteroatoms. The molecule has 1 unspecified atom stereocenters. The third-order valence-electron chi connectivity index (χ3n) is 2.84. The van der Waals surface area contributed by atoms with E-state index >= 15 is 0 Å². The first-order valence-electron chi connectivity index (χ1n) is 6.89. The van der Waals surface area contributed by atoms with Gasteiger partial charge in [0.25, 0.3) is 0 Å². The standard InChI is InChI=1S/C15H20N4O2S/c1-22-11-13(14(20)17-10-8-16)19-15(21)18-9-7-12-5-3-2-4-6-12/h2-6,13H,7,9-11H2,1H3,(H,17,20)(H2,18,19,21). The maximum atomic E-state index is 11.8. The normalized spacial score (nSPS) is 11.1. The van der Waals surface area contributed by atoms with E-state index in [0.717, 1.165) is 12.0 Å². The quantitative estimate of drug-likeness (QED) is 0.620. The summed E-state index contributed by atoms with van der Waals surface area (Å²) in [5.74, 6) is 0.0951. The molecule has 0 saturated heterocycles. The number of hydrogen-bond donors (Lipinski definition) is 3. The number of amides is 3. The lowest BCUT2D eigenvalue weighted by Crippen LogP contribution is -2.51. The summed E-state index contributed by atoms with van der Waals surface area (Å²) in [5.41, 5.74) is 1.13. The predicted octanol–water partition coefficient (Wildman–Crippen LogP) is 0.900. The van der Waals surface area contributed by atoms with E-state index in [1.807, 2.05) is 42.7 Å². The summed E-state index contributed by atoms with van der Waals surface area (Å²) in [5, 5.41) is 16.3. The Morgan fingerprint density at radius 1 is 1.27 bits per heavy atom. The number of nitrogens with one attached hydrogen (secondary N) is 3. The monoisotopic (exact) mass is 320 g/mol. The molecule has 0 aromatic heterocycles. The minimum atomic E-state index is -0.653. The smallest absolute Gasteiger partial charge is 0.315 e. The Balaban J connectivity index is 2.36. The number of hydrogen-bond acceptors (Lipinski definition) is 4. The van der Waals surface area contributed by atoms with E-state index < -0.39 is 6.04 Å². The molecule has 0 heterocycles. The second-order valence-corrected chi connectivity index (χ2v) is 5.43. The second kappa shape index (κ2) is 10.5. The van der Waals surface area contributed by atoms with Crippen LogP contribution in [-0.4, -0.2) is 43.1 Å². The minimum Gasteiger partial charge on any atom is -0.341 e. The average molecular weight is 320 g/mol. The lowest BCUT2D eigenvalue weighted by Gasteiger charge is -2.17. The molecule has 1 atom stereocenters. The van der Waals surface area contributed by atoms with E-state index in [1.54, 1.807) is 0 Å². The first-order chi connectivity index (χ1) is 10.7. The first kappa shape index (κ1) is 17.9. The molecule has 118 valence electrons. The molecule has 1 rings (SSSR count). The zero-order valence-corrected chi connectivity index (χ0v) is 13.3. The van der Waals surface area contributed by atoms with Crippen molar-refractivity contribution in [2.75, 3.05) is 25.1 Å². The van der Waals surface area contributed by atoms with Gasteiger partial charge in [0, 0.05) is 12.3 Å². The second-order valence-electron chi connectivity index (χ2n) is 4.52. The van der Waals surface area contributed by atoms with Crippen molar-refractivity contribution in [1.29, 1.82) is 5.26 Å². The molecule has 22 heavy (non-hydrogen) atoms. The number of carbonyl (C=O) groups is 2. The molecule has 0 aliphatic carbocycles. The number of urea groups is 1. The highest BCUT2D eigenvalue weighted by atomic mass is 32.2. The number of nitrogens with zero attached hydrogens (tertiary/aromatic N) is 1. The molecule has 0 radical (unpaired) electrons. The third-order valence-corrected chi connectivity index (χ3v) is 3.51. The van der Waals surface area contributed by atoms with Crippen LogP contribution < -0.4 is 16.0 Å². The summed E-state index contributed by atoms with van der Waals surface area (Å²) in [6.45, 7) is 0.419. The van der Waals surface area contributed by atoms with Crippen molar-refractivity contribution < 1.29 is 9.59 Å². The fourth-order valence-electron chi connectivity index (χ4n) is 1.77. The largest absolute Gasteiger partial charge is 0.341 e. The molecule has 1 aromatic rings. The average Bonchev–Trinajstić information content (AvgIpc) is 2.53. The third kappa shape index (κ3) is 6.99. The van der Waals surface area contributed by atoms with E-state index in [9.17, 15) is 9.59 Å². The van der Waals surface area contributed by atoms with Crippen molar-refractivity contribution >= 4 is 23.7 Å². The Morgan fingerprint density at radius 2 is 2.00 bits per heavy atom. The van der Waals surface area contributed by atoms with Crippen molar-refractivity contribution in [3.05, 3.63) is 35.9 Å². The molecule has 0 saturated carbocycles. The summed E-state index contributed by atoms with van der Waals surface area (Å²) in [6, 6.07) is 10.6. The van der Waals surface area contributed by atoms with Crippen LogP contribution in [0.25, 0.3) is 0 Å². The summed E-state index contributed by atoms with van der Waals surface area (Å²) in [4.78, 5) is 23.6. The van der Waals surface area contributed by atoms with Crippen LogP contribution in [0.2, 0.25) is 0 Å². The number of nitriles is 1. The van der Waals surface area contributed by atoms with Crippen molar-refractivity contribution in [1.82, 2.24) is 16.0 Å². The van der Waals surface area contributed by atoms with Gasteiger partial charge in [0.2, 0.25) is 5.91 Å². The van der Waals surface area contributed by atoms with Crippen LogP contribution in [0.4, 0.5) is 4.79 Å². The SMILES string of the molecule is CSCC(NC(=O)NCCc1ccccc1)C(=O)NCC#N. The van der Waals surface area contributed by atoms with Crippen molar-refractivity contribution in [2.45, 2.75) is 12.5 Å². The number of rotatable bonds is 8. The van der Waals surface area contributed by atoms with Gasteiger partial charge in [0.15, 0.2) is 0 Å². The van der Waals surface area contributed by atoms with E-state index in [2.05, 4.69) is 16.0 Å². The highest BCUT2D eigenvalue weighted by Gasteiger charge is 2.19. The topological polar surface area (TPSA) is 94.0 Å². The van der Waals surface area contributed by atoms with E-state index in [4.69, 9.17) is 5.26 Å². The van der Waals surface area contributed by atoms with Gasteiger partial charge in [0.1, 0.15) is 12.6 Å². The Bertz CT molecular complexity index is 516. The lowest BCUT2D eigenvalue weighted by molar-refractivity contribution is -0.122. The number of carbonyl (C=O) groups excluding carboxylic acids is 2. The van der Waals surface area contributed by atoms with Gasteiger partial charge in [-0.3, -0.25) is 4.79 Å². The lowest BCUT2D eigenvalue weighted by atomic mass is 10.1. The van der Waals surface area contributed by atoms with Crippen molar-refractivity contribution in [3.63, 3.8) is 0 Å². The van der Waals surface area contributed by atoms with Crippen LogP contribution in [0, 0.1) is 11.3 Å². The summed E-state index contributed by atoms with van der Waals surface area (Å²) in [7, 11) is 0. The summed E-state index contributed by atoms with van der Waals surface area (Å²) < 4.78 is 0. The maximum Gasteiger partial charge on any atom is 0.315 e. The van der Waals surface area contributed by atoms with E-state index in [-0.39, 0.29) is 18.5 Å². The fraction of sp³-hybridized carbons (Fsp3) is 0.400. The molecular weight excluding hydrogens is 300 g/mol. The molecule has 3 amide bonds. The van der Waals surface area contributed by atoms with Crippen LogP contribution in [0.3, 0.4) is 0 Å². The van der Waals surface area contributed by atoms with Crippen LogP contribution in [-0.2, 0) is 11.2 Å². The molecule has 6 nitrogen and oxygen atoms in total. The zero-order valence-electron chi connectivity index (χ0n) is 12.5. The number of thioether (sulfide) groups is 1. The molecule has 0 fully saturated rings. The fourth-order valence-corrected chi connectivity index (χ4v) is 2.34. The van der Waals surface area contributed by atoms with Crippen LogP contribution in [0.15, 0.2) is 30.3 Å². The van der Waals surface area contributed by atoms with Crippen molar-refractivity contribution in [2.24, 2.45) is 0 Å². The van der Waals surface area contributed by atoms with Gasteiger partial charge in [-0.05, 0) is 18.2 Å². The highest BCUT2D eigenvalue weighted by molar-refractivity contribution is 7.98. The van der Waals surface area contributed by atoms with Crippen LogP contribution in [0.5, 0.6) is 0 Å². The Kier molecular flexibility index (Phi) is 8.53. The molecule has 0 bridgehead atoms. The van der Waals surface area contributed by atoms with Gasteiger partial charge in [-0.25, -0.2) is 4.79 Å². The van der Waals surface area contributed by atoms with Gasteiger partial charge < -0.3 is 16.0 Å². The van der Waals surface area contributed by atoms with E-state index in [0.29, 0.717) is 12.3 Å². The van der Waals surface area contributed by atoms with Crippen LogP contribution >= 0.6 is 11.8 Å². The Hall–Kier alpha value is -2.20. The van der Waals surface area contributed by atoms with Gasteiger partial charge in [-0.1, -0.05) is 30.3 Å². The minimum absolute atomic E-state index is 0.0684. The van der Waals surface area contributed by atoms with Gasteiger partial charge >= 0.3 is 6.03 Å². The van der Waals surface area contributed by atoms with E-state index in [1.165, 1.54) is 11.8 Å². The molecule has 0 aliphatic heterocycles. The maximum absolute atomic E-state index is 11.8. The summed E-state index contributed by atoms with van der Waals surface area (Å²) >= 11 is 1.45. The van der Waals surface area contributed by atoms with Gasteiger partial charge in [0.05, 0.1) is 6.07 Å². The molecule has 3 N–H and O–H groups in total. The summed E-state index contributed by atoms with van der Waals surface area (Å²) in [6.07, 6.45) is 2.57. The van der Waals surface area contributed by atoms with Crippen molar-refractivity contribution in [3.8, 4) is 6.07 Å². The first-order valence-corrected chi connectivity index (χ1v) is 8.28. The molecule has 0 spiro atoms. The molecule has 0 aliphatic rings. The number of benzene rings is 1. The highest BCUT2D eigenvalue weighted by Crippen LogP contribution is 1.99. The Labute approximate surface area is 134 Å². The van der Waals surface area contributed by atoms with Gasteiger partial charge in [-0.2, -0.15) is 17.0 Å². The molecular formula is C15H20N4O2S. The Morgan fingerprint density at radius 3 is 2.64 bits per heavy atom. The molecule has 1 aromatic carbocycles. The van der Waals surface area contributed by atoms with Crippen LogP contribution in [0.1, 0.15) is 5.56 Å². The van der Waals surface area contributed by atoms with Gasteiger partial charge in [-0.15, -0.1) is 0 Å².